The Bertz CT molecular complexity index is 1360. The fourth-order valence-electron chi connectivity index (χ4n) is 4.70. The summed E-state index contributed by atoms with van der Waals surface area (Å²) in [4.78, 5) is 13.7. The number of fused-ring (bicyclic) bond motifs is 1. The second-order valence-electron chi connectivity index (χ2n) is 9.13. The van der Waals surface area contributed by atoms with Gasteiger partial charge in [-0.15, -0.1) is 0 Å². The van der Waals surface area contributed by atoms with Crippen molar-refractivity contribution >= 4 is 38.2 Å². The molecule has 0 radical (unpaired) electrons. The molecule has 1 fully saturated rings. The van der Waals surface area contributed by atoms with Crippen LogP contribution in [0.2, 0.25) is 0 Å². The number of benzene rings is 2. The minimum atomic E-state index is -3.60. The topological polar surface area (TPSA) is 153 Å². The number of anilines is 1. The Kier molecular flexibility index (Phi) is 7.65. The number of ether oxygens (including phenoxy) is 1. The highest BCUT2D eigenvalue weighted by Gasteiger charge is 2.27. The quantitative estimate of drug-likeness (QED) is 0.269. The summed E-state index contributed by atoms with van der Waals surface area (Å²) < 4.78 is 33.0. The Morgan fingerprint density at radius 1 is 1.14 bits per heavy atom. The first kappa shape index (κ1) is 25.7. The van der Waals surface area contributed by atoms with E-state index in [0.717, 1.165) is 25.7 Å². The molecule has 1 aromatic heterocycles. The van der Waals surface area contributed by atoms with Crippen LogP contribution in [0.3, 0.4) is 0 Å². The van der Waals surface area contributed by atoms with E-state index < -0.39 is 9.84 Å². The lowest BCUT2D eigenvalue weighted by Gasteiger charge is -2.27. The molecule has 0 spiro atoms. The largest absolute Gasteiger partial charge is 0.478 e. The molecule has 1 saturated carbocycles. The zero-order valence-corrected chi connectivity index (χ0v) is 21.2. The normalized spacial score (nSPS) is 18.2. The number of amides is 1. The summed E-state index contributed by atoms with van der Waals surface area (Å²) in [6, 6.07) is 13.5. The van der Waals surface area contributed by atoms with Crippen LogP contribution < -0.4 is 16.8 Å². The molecule has 2 aromatic carbocycles. The molecule has 0 bridgehead atoms. The van der Waals surface area contributed by atoms with E-state index in [1.807, 2.05) is 0 Å². The van der Waals surface area contributed by atoms with Crippen molar-refractivity contribution in [1.82, 2.24) is 9.88 Å². The number of nitrogens with zero attached hydrogens (tertiary/aromatic N) is 1. The van der Waals surface area contributed by atoms with Crippen molar-refractivity contribution in [1.29, 1.82) is 5.41 Å². The van der Waals surface area contributed by atoms with Gasteiger partial charge in [-0.3, -0.25) is 10.2 Å². The lowest BCUT2D eigenvalue weighted by Crippen LogP contribution is -2.41. The number of aromatic nitrogens is 1. The smallest absolute Gasteiger partial charge is 0.270 e. The van der Waals surface area contributed by atoms with Crippen LogP contribution in [0.4, 0.5) is 5.69 Å². The van der Waals surface area contributed by atoms with Crippen LogP contribution in [-0.2, 0) is 21.1 Å². The summed E-state index contributed by atoms with van der Waals surface area (Å²) in [5, 5.41) is 11.9. The zero-order chi connectivity index (χ0) is 25.9. The summed E-state index contributed by atoms with van der Waals surface area (Å²) in [5.74, 6) is -0.568. The van der Waals surface area contributed by atoms with Crippen molar-refractivity contribution in [2.24, 2.45) is 5.73 Å². The van der Waals surface area contributed by atoms with Gasteiger partial charge < -0.3 is 26.1 Å². The molecule has 1 amide bonds. The number of carbonyl (C=O) groups excluding carboxylic acids is 1. The van der Waals surface area contributed by atoms with Crippen molar-refractivity contribution < 1.29 is 17.9 Å². The first-order chi connectivity index (χ1) is 17.2. The number of carbonyl (C=O) groups is 1. The van der Waals surface area contributed by atoms with Gasteiger partial charge in [0.05, 0.1) is 28.5 Å². The molecule has 36 heavy (non-hydrogen) atoms. The molecule has 1 aliphatic rings. The second-order valence-corrected chi connectivity index (χ2v) is 11.2. The molecule has 0 atom stereocenters. The average Bonchev–Trinajstić information content (AvgIpc) is 3.16. The highest BCUT2D eigenvalue weighted by Crippen LogP contribution is 2.31. The van der Waals surface area contributed by atoms with Gasteiger partial charge in [-0.2, -0.15) is 0 Å². The Morgan fingerprint density at radius 3 is 2.50 bits per heavy atom. The summed E-state index contributed by atoms with van der Waals surface area (Å²) in [6.07, 6.45) is 3.24. The van der Waals surface area contributed by atoms with Crippen LogP contribution in [-0.4, -0.2) is 49.2 Å². The third kappa shape index (κ3) is 5.39. The molecule has 6 N–H and O–H groups in total. The molecule has 3 aromatic rings. The van der Waals surface area contributed by atoms with Crippen molar-refractivity contribution in [3.05, 3.63) is 59.8 Å². The van der Waals surface area contributed by atoms with E-state index >= 15 is 0 Å². The minimum Gasteiger partial charge on any atom is -0.478 e. The maximum atomic E-state index is 13.5. The van der Waals surface area contributed by atoms with Gasteiger partial charge in [-0.1, -0.05) is 18.2 Å². The molecule has 0 aliphatic heterocycles. The molecule has 10 heteroatoms. The van der Waals surface area contributed by atoms with Crippen LogP contribution in [0.5, 0.6) is 0 Å². The van der Waals surface area contributed by atoms with Gasteiger partial charge in [0.2, 0.25) is 5.90 Å². The highest BCUT2D eigenvalue weighted by molar-refractivity contribution is 7.91. The SMILES string of the molecule is CCOC(=N)c1ccc2c(N)c(C(=O)N[C@H]3CC[C@H](N)CC3)n(CCS(=O)(=O)c3ccccc3)c2c1. The number of nitrogen functional groups attached to an aromatic ring is 1. The van der Waals surface area contributed by atoms with Crippen LogP contribution in [0, 0.1) is 5.41 Å². The van der Waals surface area contributed by atoms with Crippen LogP contribution in [0.15, 0.2) is 53.4 Å². The maximum absolute atomic E-state index is 13.5. The standard InChI is InChI=1S/C26H33N5O4S/c1-2-35-25(29)17-8-13-21-22(16-17)31(14-15-36(33,34)20-6-4-3-5-7-20)24(23(21)28)26(32)30-19-11-9-18(27)10-12-19/h3-8,13,16,18-19,29H,2,9-12,14-15,27-28H2,1H3,(H,30,32)/t18-,19-. The Hall–Kier alpha value is -3.37. The van der Waals surface area contributed by atoms with Crippen LogP contribution in [0.1, 0.15) is 48.7 Å². The molecule has 1 heterocycles. The Balaban J connectivity index is 1.72. The predicted molar refractivity (Wildman–Crippen MR) is 141 cm³/mol. The van der Waals surface area contributed by atoms with Gasteiger partial charge in [0.1, 0.15) is 5.69 Å². The third-order valence-corrected chi connectivity index (χ3v) is 8.37. The van der Waals surface area contributed by atoms with Crippen LogP contribution in [0.25, 0.3) is 10.9 Å². The molecule has 192 valence electrons. The van der Waals surface area contributed by atoms with Crippen LogP contribution >= 0.6 is 0 Å². The Morgan fingerprint density at radius 2 is 1.83 bits per heavy atom. The van der Waals surface area contributed by atoms with Crippen molar-refractivity contribution in [3.8, 4) is 0 Å². The highest BCUT2D eigenvalue weighted by atomic mass is 32.2. The monoisotopic (exact) mass is 511 g/mol. The van der Waals surface area contributed by atoms with Crippen molar-refractivity contribution in [3.63, 3.8) is 0 Å². The van der Waals surface area contributed by atoms with Gasteiger partial charge in [-0.25, -0.2) is 8.42 Å². The van der Waals surface area contributed by atoms with Crippen molar-refractivity contribution in [2.45, 2.75) is 56.1 Å². The van der Waals surface area contributed by atoms with E-state index in [2.05, 4.69) is 5.32 Å². The fraction of sp³-hybridized carbons (Fsp3) is 0.385. The molecule has 1 aliphatic carbocycles. The van der Waals surface area contributed by atoms with E-state index in [-0.39, 0.29) is 52.5 Å². The van der Waals surface area contributed by atoms with Crippen molar-refractivity contribution in [2.75, 3.05) is 18.1 Å². The number of aryl methyl sites for hydroxylation is 1. The summed E-state index contributed by atoms with van der Waals surface area (Å²) in [7, 11) is -3.60. The van der Waals surface area contributed by atoms with Gasteiger partial charge in [0, 0.05) is 29.6 Å². The van der Waals surface area contributed by atoms with Gasteiger partial charge in [-0.05, 0) is 62.9 Å². The molecule has 0 unspecified atom stereocenters. The number of sulfone groups is 1. The average molecular weight is 512 g/mol. The second kappa shape index (κ2) is 10.7. The van der Waals surface area contributed by atoms with E-state index in [9.17, 15) is 13.2 Å². The molecular weight excluding hydrogens is 478 g/mol. The molecule has 4 rings (SSSR count). The van der Waals surface area contributed by atoms with Gasteiger partial charge >= 0.3 is 0 Å². The van der Waals surface area contributed by atoms with Gasteiger partial charge in [0.25, 0.3) is 5.91 Å². The summed E-state index contributed by atoms with van der Waals surface area (Å²) >= 11 is 0. The molecular formula is C26H33N5O4S. The third-order valence-electron chi connectivity index (χ3n) is 6.66. The molecule has 9 nitrogen and oxygen atoms in total. The number of nitrogens with one attached hydrogen (secondary N) is 2. The maximum Gasteiger partial charge on any atom is 0.270 e. The number of hydrogen-bond acceptors (Lipinski definition) is 7. The first-order valence-electron chi connectivity index (χ1n) is 12.2. The minimum absolute atomic E-state index is 0.00725. The Labute approximate surface area is 211 Å². The lowest BCUT2D eigenvalue weighted by atomic mass is 9.92. The summed E-state index contributed by atoms with van der Waals surface area (Å²) in [5.41, 5.74) is 14.1. The van der Waals surface area contributed by atoms with E-state index in [1.54, 1.807) is 60.0 Å². The summed E-state index contributed by atoms with van der Waals surface area (Å²) in [6.45, 7) is 2.16. The van der Waals surface area contributed by atoms with E-state index in [0.29, 0.717) is 23.1 Å². The number of hydrogen-bond donors (Lipinski definition) is 4. The zero-order valence-electron chi connectivity index (χ0n) is 20.4. The lowest BCUT2D eigenvalue weighted by molar-refractivity contribution is 0.0918. The van der Waals surface area contributed by atoms with E-state index in [1.165, 1.54) is 0 Å². The number of nitrogens with two attached hydrogens (primary N) is 2. The first-order valence-corrected chi connectivity index (χ1v) is 13.8. The number of rotatable bonds is 8. The van der Waals surface area contributed by atoms with E-state index in [4.69, 9.17) is 21.6 Å². The molecule has 0 saturated heterocycles. The van der Waals surface area contributed by atoms with Gasteiger partial charge in [0.15, 0.2) is 9.84 Å². The fourth-order valence-corrected chi connectivity index (χ4v) is 5.93. The predicted octanol–water partition coefficient (Wildman–Crippen LogP) is 3.06.